The van der Waals surface area contributed by atoms with Crippen LogP contribution in [0.3, 0.4) is 0 Å². The van der Waals surface area contributed by atoms with Gasteiger partial charge in [-0.3, -0.25) is 9.69 Å². The second-order valence-corrected chi connectivity index (χ2v) is 5.30. The van der Waals surface area contributed by atoms with Crippen LogP contribution in [0, 0.1) is 0 Å². The number of hydrogen-bond acceptors (Lipinski definition) is 4. The summed E-state index contributed by atoms with van der Waals surface area (Å²) in [6.45, 7) is 0. The molecule has 1 aromatic heterocycles. The molecule has 0 bridgehead atoms. The predicted molar refractivity (Wildman–Crippen MR) is 64.1 cm³/mol. The van der Waals surface area contributed by atoms with Gasteiger partial charge in [-0.05, 0) is 36.1 Å². The number of thiophene rings is 1. The Morgan fingerprint density at radius 2 is 2.27 bits per heavy atom. The van der Waals surface area contributed by atoms with Crippen LogP contribution in [0.15, 0.2) is 15.9 Å². The lowest BCUT2D eigenvalue weighted by Gasteiger charge is -2.26. The minimum Gasteiger partial charge on any atom is -0.480 e. The second-order valence-electron chi connectivity index (χ2n) is 3.44. The van der Waals surface area contributed by atoms with Crippen molar-refractivity contribution in [2.45, 2.75) is 12.1 Å². The Hall–Kier alpha value is -0.430. The van der Waals surface area contributed by atoms with Gasteiger partial charge >= 0.3 is 5.97 Å². The third-order valence-electron chi connectivity index (χ3n) is 2.06. The largest absolute Gasteiger partial charge is 0.480 e. The van der Waals surface area contributed by atoms with Crippen LogP contribution in [-0.4, -0.2) is 36.1 Å². The van der Waals surface area contributed by atoms with Crippen molar-refractivity contribution in [1.82, 2.24) is 4.90 Å². The Bertz CT molecular complexity index is 354. The van der Waals surface area contributed by atoms with E-state index in [0.717, 1.165) is 9.35 Å². The molecule has 4 nitrogen and oxygen atoms in total. The minimum absolute atomic E-state index is 0.293. The summed E-state index contributed by atoms with van der Waals surface area (Å²) in [5.41, 5.74) is 5.65. The Labute approximate surface area is 101 Å². The van der Waals surface area contributed by atoms with Crippen molar-refractivity contribution in [3.8, 4) is 0 Å². The summed E-state index contributed by atoms with van der Waals surface area (Å²) >= 11 is 4.84. The fourth-order valence-electron chi connectivity index (χ4n) is 1.37. The Balaban J connectivity index is 2.98. The summed E-state index contributed by atoms with van der Waals surface area (Å²) in [5, 5.41) is 10.8. The van der Waals surface area contributed by atoms with Gasteiger partial charge in [-0.2, -0.15) is 0 Å². The summed E-state index contributed by atoms with van der Waals surface area (Å²) in [4.78, 5) is 13.6. The highest BCUT2D eigenvalue weighted by Crippen LogP contribution is 2.29. The molecular weight excluding hydrogens is 280 g/mol. The van der Waals surface area contributed by atoms with Gasteiger partial charge in [-0.1, -0.05) is 0 Å². The number of carboxylic acid groups (broad SMARTS) is 1. The molecule has 3 N–H and O–H groups in total. The molecule has 0 aliphatic rings. The SMILES string of the molecule is CN(C)C(c1cc(Br)cs1)C(N)C(=O)O. The number of nitrogens with two attached hydrogens (primary N) is 1. The maximum atomic E-state index is 10.9. The van der Waals surface area contributed by atoms with Crippen LogP contribution in [0.1, 0.15) is 10.9 Å². The number of hydrogen-bond donors (Lipinski definition) is 2. The molecular formula is C9H13BrN2O2S. The first kappa shape index (κ1) is 12.6. The number of nitrogens with zero attached hydrogens (tertiary/aromatic N) is 1. The zero-order valence-electron chi connectivity index (χ0n) is 8.48. The van der Waals surface area contributed by atoms with Gasteiger partial charge in [0.2, 0.25) is 0 Å². The maximum absolute atomic E-state index is 10.9. The van der Waals surface area contributed by atoms with Gasteiger partial charge in [-0.15, -0.1) is 11.3 Å². The Morgan fingerprint density at radius 1 is 1.67 bits per heavy atom. The third-order valence-corrected chi connectivity index (χ3v) is 3.83. The van der Waals surface area contributed by atoms with Crippen LogP contribution in [0.2, 0.25) is 0 Å². The molecule has 0 radical (unpaired) electrons. The minimum atomic E-state index is -0.988. The number of carbonyl (C=O) groups is 1. The van der Waals surface area contributed by atoms with E-state index in [2.05, 4.69) is 15.9 Å². The van der Waals surface area contributed by atoms with E-state index in [0.29, 0.717) is 0 Å². The first-order valence-electron chi connectivity index (χ1n) is 4.32. The van der Waals surface area contributed by atoms with E-state index in [9.17, 15) is 4.79 Å². The summed E-state index contributed by atoms with van der Waals surface area (Å²) in [6.07, 6.45) is 0. The van der Waals surface area contributed by atoms with E-state index in [4.69, 9.17) is 10.8 Å². The number of rotatable bonds is 4. The topological polar surface area (TPSA) is 66.6 Å². The lowest BCUT2D eigenvalue weighted by Crippen LogP contribution is -2.42. The van der Waals surface area contributed by atoms with Crippen molar-refractivity contribution in [1.29, 1.82) is 0 Å². The van der Waals surface area contributed by atoms with Gasteiger partial charge in [0.15, 0.2) is 0 Å². The average molecular weight is 293 g/mol. The fraction of sp³-hybridized carbons (Fsp3) is 0.444. The fourth-order valence-corrected chi connectivity index (χ4v) is 3.06. The van der Waals surface area contributed by atoms with Gasteiger partial charge in [-0.25, -0.2) is 0 Å². The molecule has 0 aliphatic heterocycles. The van der Waals surface area contributed by atoms with Crippen LogP contribution in [-0.2, 0) is 4.79 Å². The van der Waals surface area contributed by atoms with Crippen LogP contribution in [0.4, 0.5) is 0 Å². The highest BCUT2D eigenvalue weighted by molar-refractivity contribution is 9.10. The molecule has 2 atom stereocenters. The van der Waals surface area contributed by atoms with Gasteiger partial charge in [0, 0.05) is 14.7 Å². The lowest BCUT2D eigenvalue weighted by molar-refractivity contribution is -0.140. The number of aliphatic carboxylic acids is 1. The Morgan fingerprint density at radius 3 is 2.60 bits per heavy atom. The van der Waals surface area contributed by atoms with E-state index in [1.807, 2.05) is 30.4 Å². The highest BCUT2D eigenvalue weighted by Gasteiger charge is 2.28. The molecule has 84 valence electrons. The zero-order valence-corrected chi connectivity index (χ0v) is 10.9. The van der Waals surface area contributed by atoms with E-state index >= 15 is 0 Å². The van der Waals surface area contributed by atoms with Crippen LogP contribution in [0.5, 0.6) is 0 Å². The van der Waals surface area contributed by atoms with Crippen molar-refractivity contribution in [2.24, 2.45) is 5.73 Å². The molecule has 15 heavy (non-hydrogen) atoms. The molecule has 0 fully saturated rings. The average Bonchev–Trinajstić information content (AvgIpc) is 2.51. The molecule has 0 aliphatic carbocycles. The number of likely N-dealkylation sites (N-methyl/N-ethyl adjacent to an activating group) is 1. The molecule has 0 saturated carbocycles. The van der Waals surface area contributed by atoms with Gasteiger partial charge in [0.1, 0.15) is 6.04 Å². The second kappa shape index (κ2) is 5.07. The summed E-state index contributed by atoms with van der Waals surface area (Å²) < 4.78 is 0.951. The highest BCUT2D eigenvalue weighted by atomic mass is 79.9. The quantitative estimate of drug-likeness (QED) is 0.883. The molecule has 6 heteroatoms. The van der Waals surface area contributed by atoms with Crippen molar-refractivity contribution in [3.05, 3.63) is 20.8 Å². The normalized spacial score (nSPS) is 15.3. The monoisotopic (exact) mass is 292 g/mol. The number of carboxylic acids is 1. The molecule has 2 unspecified atom stereocenters. The lowest BCUT2D eigenvalue weighted by atomic mass is 10.1. The van der Waals surface area contributed by atoms with Crippen molar-refractivity contribution >= 4 is 33.2 Å². The molecule has 1 heterocycles. The molecule has 0 saturated heterocycles. The van der Waals surface area contributed by atoms with Crippen LogP contribution < -0.4 is 5.73 Å². The maximum Gasteiger partial charge on any atom is 0.322 e. The summed E-state index contributed by atoms with van der Waals surface area (Å²) in [7, 11) is 3.64. The first-order chi connectivity index (χ1) is 6.93. The number of halogens is 1. The zero-order chi connectivity index (χ0) is 11.6. The van der Waals surface area contributed by atoms with Crippen molar-refractivity contribution in [3.63, 3.8) is 0 Å². The van der Waals surface area contributed by atoms with Crippen LogP contribution in [0.25, 0.3) is 0 Å². The Kier molecular flexibility index (Phi) is 4.27. The molecule has 0 amide bonds. The standard InChI is InChI=1S/C9H13BrN2O2S/c1-12(2)8(7(11)9(13)14)6-3-5(10)4-15-6/h3-4,7-8H,11H2,1-2H3,(H,13,14). The van der Waals surface area contributed by atoms with E-state index < -0.39 is 12.0 Å². The van der Waals surface area contributed by atoms with Gasteiger partial charge in [0.25, 0.3) is 0 Å². The molecule has 1 aromatic rings. The van der Waals surface area contributed by atoms with E-state index in [-0.39, 0.29) is 6.04 Å². The third kappa shape index (κ3) is 3.01. The van der Waals surface area contributed by atoms with Gasteiger partial charge < -0.3 is 10.8 Å². The predicted octanol–water partition coefficient (Wildman–Crippen LogP) is 1.53. The van der Waals surface area contributed by atoms with E-state index in [1.54, 1.807) is 0 Å². The van der Waals surface area contributed by atoms with Gasteiger partial charge in [0.05, 0.1) is 6.04 Å². The summed E-state index contributed by atoms with van der Waals surface area (Å²) in [6, 6.07) is 0.697. The first-order valence-corrected chi connectivity index (χ1v) is 5.99. The van der Waals surface area contributed by atoms with Crippen molar-refractivity contribution in [2.75, 3.05) is 14.1 Å². The van der Waals surface area contributed by atoms with Crippen molar-refractivity contribution < 1.29 is 9.90 Å². The molecule has 0 spiro atoms. The molecule has 1 rings (SSSR count). The van der Waals surface area contributed by atoms with E-state index in [1.165, 1.54) is 11.3 Å². The van der Waals surface area contributed by atoms with Crippen LogP contribution >= 0.6 is 27.3 Å². The smallest absolute Gasteiger partial charge is 0.322 e. The molecule has 0 aromatic carbocycles. The summed E-state index contributed by atoms with van der Waals surface area (Å²) in [5.74, 6) is -0.988.